The lowest BCUT2D eigenvalue weighted by Crippen LogP contribution is -2.52. The van der Waals surface area contributed by atoms with Crippen LogP contribution in [0.1, 0.15) is 26.5 Å². The summed E-state index contributed by atoms with van der Waals surface area (Å²) in [6, 6.07) is 5.74. The smallest absolute Gasteiger partial charge is 0.129 e. The second kappa shape index (κ2) is 4.63. The van der Waals surface area contributed by atoms with E-state index >= 15 is 0 Å². The first-order valence-corrected chi connectivity index (χ1v) is 6.00. The molecule has 17 heavy (non-hydrogen) atoms. The lowest BCUT2D eigenvalue weighted by Gasteiger charge is -2.42. The number of aromatic nitrogens is 1. The molecular formula is C13H20N2O2. The predicted octanol–water partition coefficient (Wildman–Crippen LogP) is 1.58. The standard InChI is InChI=1S/C13H20N2O2/c1-10-7-15(9-13(2,3)17-10)12-6-4-5-11(8-16)14-12/h4-6,10,16H,7-9H2,1-3H3. The Morgan fingerprint density at radius 2 is 2.29 bits per heavy atom. The molecule has 94 valence electrons. The van der Waals surface area contributed by atoms with Crippen LogP contribution in [0.5, 0.6) is 0 Å². The van der Waals surface area contributed by atoms with E-state index in [0.29, 0.717) is 5.69 Å². The third-order valence-electron chi connectivity index (χ3n) is 2.85. The number of hydrogen-bond acceptors (Lipinski definition) is 4. The lowest BCUT2D eigenvalue weighted by atomic mass is 10.1. The van der Waals surface area contributed by atoms with E-state index in [-0.39, 0.29) is 18.3 Å². The third-order valence-corrected chi connectivity index (χ3v) is 2.85. The van der Waals surface area contributed by atoms with Gasteiger partial charge in [0, 0.05) is 13.1 Å². The molecule has 0 aromatic carbocycles. The van der Waals surface area contributed by atoms with Crippen LogP contribution in [0.2, 0.25) is 0 Å². The summed E-state index contributed by atoms with van der Waals surface area (Å²) in [5.74, 6) is 0.916. The summed E-state index contributed by atoms with van der Waals surface area (Å²) in [6.45, 7) is 7.89. The van der Waals surface area contributed by atoms with Crippen molar-refractivity contribution in [1.82, 2.24) is 4.98 Å². The first-order chi connectivity index (χ1) is 8.00. The van der Waals surface area contributed by atoms with Gasteiger partial charge in [-0.25, -0.2) is 4.98 Å². The minimum absolute atomic E-state index is 0.0167. The fourth-order valence-electron chi connectivity index (χ4n) is 2.36. The summed E-state index contributed by atoms with van der Waals surface area (Å²) in [5.41, 5.74) is 0.550. The molecule has 0 radical (unpaired) electrons. The van der Waals surface area contributed by atoms with Crippen molar-refractivity contribution in [2.75, 3.05) is 18.0 Å². The van der Waals surface area contributed by atoms with Crippen molar-refractivity contribution < 1.29 is 9.84 Å². The number of pyridine rings is 1. The second-order valence-electron chi connectivity index (χ2n) is 5.21. The molecule has 4 heteroatoms. The number of ether oxygens (including phenoxy) is 1. The Morgan fingerprint density at radius 3 is 2.94 bits per heavy atom. The highest BCUT2D eigenvalue weighted by Crippen LogP contribution is 2.24. The van der Waals surface area contributed by atoms with E-state index in [1.165, 1.54) is 0 Å². The van der Waals surface area contributed by atoms with Crippen LogP contribution in [0.15, 0.2) is 18.2 Å². The number of nitrogens with zero attached hydrogens (tertiary/aromatic N) is 2. The van der Waals surface area contributed by atoms with Gasteiger partial charge < -0.3 is 14.7 Å². The number of rotatable bonds is 2. The van der Waals surface area contributed by atoms with Gasteiger partial charge >= 0.3 is 0 Å². The summed E-state index contributed by atoms with van der Waals surface area (Å²) < 4.78 is 5.86. The van der Waals surface area contributed by atoms with Crippen LogP contribution in [0, 0.1) is 0 Å². The van der Waals surface area contributed by atoms with Crippen molar-refractivity contribution in [3.8, 4) is 0 Å². The zero-order valence-electron chi connectivity index (χ0n) is 10.7. The minimum atomic E-state index is -0.158. The van der Waals surface area contributed by atoms with Gasteiger partial charge in [0.05, 0.1) is 24.0 Å². The molecule has 0 amide bonds. The molecule has 0 spiro atoms. The summed E-state index contributed by atoms with van der Waals surface area (Å²) in [4.78, 5) is 6.65. The molecule has 1 aromatic rings. The topological polar surface area (TPSA) is 45.6 Å². The van der Waals surface area contributed by atoms with Crippen molar-refractivity contribution in [1.29, 1.82) is 0 Å². The SMILES string of the molecule is CC1CN(c2cccc(CO)n2)CC(C)(C)O1. The number of anilines is 1. The Bertz CT molecular complexity index is 393. The van der Waals surface area contributed by atoms with Gasteiger partial charge in [0.2, 0.25) is 0 Å². The van der Waals surface area contributed by atoms with Gasteiger partial charge in [-0.1, -0.05) is 6.07 Å². The number of aliphatic hydroxyl groups is 1. The molecule has 0 saturated carbocycles. The van der Waals surface area contributed by atoms with Crippen LogP contribution in [-0.2, 0) is 11.3 Å². The highest BCUT2D eigenvalue weighted by molar-refractivity contribution is 5.40. The molecule has 1 aromatic heterocycles. The molecule has 1 saturated heterocycles. The monoisotopic (exact) mass is 236 g/mol. The molecule has 4 nitrogen and oxygen atoms in total. The second-order valence-corrected chi connectivity index (χ2v) is 5.21. The van der Waals surface area contributed by atoms with Crippen LogP contribution in [0.3, 0.4) is 0 Å². The predicted molar refractivity (Wildman–Crippen MR) is 67.0 cm³/mol. The first-order valence-electron chi connectivity index (χ1n) is 6.00. The highest BCUT2D eigenvalue weighted by Gasteiger charge is 2.31. The average Bonchev–Trinajstić information content (AvgIpc) is 2.26. The van der Waals surface area contributed by atoms with Gasteiger partial charge in [0.25, 0.3) is 0 Å². The van der Waals surface area contributed by atoms with Crippen LogP contribution in [0.4, 0.5) is 5.82 Å². The first kappa shape index (κ1) is 12.3. The maximum Gasteiger partial charge on any atom is 0.129 e. The molecule has 1 aliphatic heterocycles. The van der Waals surface area contributed by atoms with E-state index < -0.39 is 0 Å². The lowest BCUT2D eigenvalue weighted by molar-refractivity contribution is -0.0751. The summed E-state index contributed by atoms with van der Waals surface area (Å²) in [6.07, 6.45) is 0.193. The molecule has 0 bridgehead atoms. The molecule has 0 aliphatic carbocycles. The fraction of sp³-hybridized carbons (Fsp3) is 0.615. The van der Waals surface area contributed by atoms with Crippen molar-refractivity contribution in [3.05, 3.63) is 23.9 Å². The minimum Gasteiger partial charge on any atom is -0.390 e. The van der Waals surface area contributed by atoms with E-state index in [2.05, 4.69) is 30.7 Å². The number of hydrogen-bond donors (Lipinski definition) is 1. The molecule has 1 atom stereocenters. The Labute approximate surface area is 102 Å². The average molecular weight is 236 g/mol. The molecule has 2 rings (SSSR count). The summed E-state index contributed by atoms with van der Waals surface area (Å²) >= 11 is 0. The van der Waals surface area contributed by atoms with Gasteiger partial charge in [-0.2, -0.15) is 0 Å². The summed E-state index contributed by atoms with van der Waals surface area (Å²) in [5, 5.41) is 9.11. The van der Waals surface area contributed by atoms with Crippen LogP contribution < -0.4 is 4.90 Å². The van der Waals surface area contributed by atoms with Gasteiger partial charge in [0.15, 0.2) is 0 Å². The van der Waals surface area contributed by atoms with E-state index in [1.54, 1.807) is 0 Å². The van der Waals surface area contributed by atoms with Crippen molar-refractivity contribution >= 4 is 5.82 Å². The van der Waals surface area contributed by atoms with Gasteiger partial charge in [0.1, 0.15) is 5.82 Å². The molecule has 1 aliphatic rings. The highest BCUT2D eigenvalue weighted by atomic mass is 16.5. The number of morpholine rings is 1. The fourth-order valence-corrected chi connectivity index (χ4v) is 2.36. The Hall–Kier alpha value is -1.13. The van der Waals surface area contributed by atoms with Gasteiger partial charge in [-0.05, 0) is 32.9 Å². The van der Waals surface area contributed by atoms with Crippen molar-refractivity contribution in [2.45, 2.75) is 39.1 Å². The Morgan fingerprint density at radius 1 is 1.53 bits per heavy atom. The van der Waals surface area contributed by atoms with E-state index in [9.17, 15) is 0 Å². The largest absolute Gasteiger partial charge is 0.390 e. The van der Waals surface area contributed by atoms with E-state index in [4.69, 9.17) is 9.84 Å². The van der Waals surface area contributed by atoms with E-state index in [0.717, 1.165) is 18.9 Å². The molecule has 1 unspecified atom stereocenters. The van der Waals surface area contributed by atoms with Crippen LogP contribution in [-0.4, -0.2) is 34.9 Å². The quantitative estimate of drug-likeness (QED) is 0.846. The molecular weight excluding hydrogens is 216 g/mol. The third kappa shape index (κ3) is 2.96. The van der Waals surface area contributed by atoms with Crippen molar-refractivity contribution in [3.63, 3.8) is 0 Å². The maximum absolute atomic E-state index is 9.11. The maximum atomic E-state index is 9.11. The molecule has 1 fully saturated rings. The zero-order valence-corrected chi connectivity index (χ0v) is 10.7. The normalized spacial score (nSPS) is 23.8. The van der Waals surface area contributed by atoms with Gasteiger partial charge in [-0.3, -0.25) is 0 Å². The Kier molecular flexibility index (Phi) is 3.35. The Balaban J connectivity index is 2.20. The number of aliphatic hydroxyl groups excluding tert-OH is 1. The zero-order chi connectivity index (χ0) is 12.5. The molecule has 1 N–H and O–H groups in total. The van der Waals surface area contributed by atoms with Crippen LogP contribution >= 0.6 is 0 Å². The molecule has 2 heterocycles. The summed E-state index contributed by atoms with van der Waals surface area (Å²) in [7, 11) is 0. The van der Waals surface area contributed by atoms with Gasteiger partial charge in [-0.15, -0.1) is 0 Å². The van der Waals surface area contributed by atoms with E-state index in [1.807, 2.05) is 18.2 Å². The van der Waals surface area contributed by atoms with Crippen LogP contribution in [0.25, 0.3) is 0 Å². The van der Waals surface area contributed by atoms with Crippen molar-refractivity contribution in [2.24, 2.45) is 0 Å².